The molecule has 0 fully saturated rings. The zero-order chi connectivity index (χ0) is 15.9. The molecule has 1 aliphatic heterocycles. The van der Waals surface area contributed by atoms with Crippen molar-refractivity contribution in [2.75, 3.05) is 7.05 Å². The third kappa shape index (κ3) is 2.50. The maximum atomic E-state index is 12.1. The number of aromatic nitrogens is 1. The van der Waals surface area contributed by atoms with Gasteiger partial charge >= 0.3 is 0 Å². The van der Waals surface area contributed by atoms with Crippen LogP contribution in [-0.4, -0.2) is 28.8 Å². The molecule has 0 unspecified atom stereocenters. The number of rotatable bonds is 2. The first-order valence-corrected chi connectivity index (χ1v) is 7.91. The molecule has 6 heteroatoms. The predicted octanol–water partition coefficient (Wildman–Crippen LogP) is 2.51. The van der Waals surface area contributed by atoms with Crippen molar-refractivity contribution in [1.29, 1.82) is 0 Å². The van der Waals surface area contributed by atoms with E-state index in [1.165, 1.54) is 10.5 Å². The van der Waals surface area contributed by atoms with E-state index >= 15 is 0 Å². The van der Waals surface area contributed by atoms with E-state index in [1.54, 1.807) is 24.6 Å². The molecule has 2 aromatic heterocycles. The van der Waals surface area contributed by atoms with Crippen LogP contribution in [0.15, 0.2) is 34.8 Å². The van der Waals surface area contributed by atoms with Gasteiger partial charge in [-0.2, -0.15) is 0 Å². The maximum Gasteiger partial charge on any atom is 0.231 e. The fourth-order valence-electron chi connectivity index (χ4n) is 2.50. The van der Waals surface area contributed by atoms with E-state index in [4.69, 9.17) is 5.73 Å². The maximum absolute atomic E-state index is 12.1. The standard InChI is InChI=1S/C16H18N4OS/c1-10-4-5-18-12(6-10)11-7-13(22-9-11)16(2)8-14(21)20(3)15(17)19-16/h4-7,9H,8H2,1-3H3,(H2,17,19)/t16-/m0/s1. The first-order chi connectivity index (χ1) is 10.4. The van der Waals surface area contributed by atoms with Crippen LogP contribution in [0, 0.1) is 6.92 Å². The van der Waals surface area contributed by atoms with Crippen molar-refractivity contribution in [3.05, 3.63) is 40.2 Å². The van der Waals surface area contributed by atoms with Crippen molar-refractivity contribution >= 4 is 23.2 Å². The van der Waals surface area contributed by atoms with Crippen molar-refractivity contribution in [2.45, 2.75) is 25.8 Å². The van der Waals surface area contributed by atoms with Crippen molar-refractivity contribution in [2.24, 2.45) is 10.7 Å². The largest absolute Gasteiger partial charge is 0.369 e. The molecule has 22 heavy (non-hydrogen) atoms. The summed E-state index contributed by atoms with van der Waals surface area (Å²) in [4.78, 5) is 23.4. The lowest BCUT2D eigenvalue weighted by Crippen LogP contribution is -2.47. The molecule has 0 aromatic carbocycles. The van der Waals surface area contributed by atoms with E-state index in [2.05, 4.69) is 21.4 Å². The molecule has 0 radical (unpaired) electrons. The summed E-state index contributed by atoms with van der Waals surface area (Å²) in [7, 11) is 1.65. The average Bonchev–Trinajstić information content (AvgIpc) is 2.95. The summed E-state index contributed by atoms with van der Waals surface area (Å²) in [6.07, 6.45) is 2.13. The molecule has 5 nitrogen and oxygen atoms in total. The molecular weight excluding hydrogens is 296 g/mol. The molecule has 0 aliphatic carbocycles. The first kappa shape index (κ1) is 14.7. The highest BCUT2D eigenvalue weighted by molar-refractivity contribution is 7.10. The van der Waals surface area contributed by atoms with E-state index in [1.807, 2.05) is 26.0 Å². The van der Waals surface area contributed by atoms with Crippen LogP contribution >= 0.6 is 11.3 Å². The van der Waals surface area contributed by atoms with Crippen molar-refractivity contribution in [3.8, 4) is 11.3 Å². The van der Waals surface area contributed by atoms with Gasteiger partial charge in [-0.15, -0.1) is 11.3 Å². The minimum Gasteiger partial charge on any atom is -0.369 e. The van der Waals surface area contributed by atoms with Gasteiger partial charge in [0, 0.05) is 29.1 Å². The molecule has 0 bridgehead atoms. The molecule has 0 spiro atoms. The Morgan fingerprint density at radius 3 is 2.86 bits per heavy atom. The van der Waals surface area contributed by atoms with E-state index in [0.29, 0.717) is 6.42 Å². The van der Waals surface area contributed by atoms with E-state index in [0.717, 1.165) is 16.1 Å². The average molecular weight is 314 g/mol. The number of hydrogen-bond acceptors (Lipinski definition) is 5. The van der Waals surface area contributed by atoms with Gasteiger partial charge in [0.2, 0.25) is 5.91 Å². The Morgan fingerprint density at radius 1 is 1.41 bits per heavy atom. The van der Waals surface area contributed by atoms with E-state index in [-0.39, 0.29) is 11.9 Å². The zero-order valence-electron chi connectivity index (χ0n) is 12.8. The monoisotopic (exact) mass is 314 g/mol. The molecule has 3 heterocycles. The minimum absolute atomic E-state index is 0.0152. The molecule has 2 N–H and O–H groups in total. The number of pyridine rings is 1. The predicted molar refractivity (Wildman–Crippen MR) is 88.6 cm³/mol. The van der Waals surface area contributed by atoms with Gasteiger partial charge < -0.3 is 5.73 Å². The van der Waals surface area contributed by atoms with Crippen LogP contribution in [0.3, 0.4) is 0 Å². The van der Waals surface area contributed by atoms with Gasteiger partial charge in [0.25, 0.3) is 0 Å². The summed E-state index contributed by atoms with van der Waals surface area (Å²) >= 11 is 1.59. The topological polar surface area (TPSA) is 71.6 Å². The Morgan fingerprint density at radius 2 is 2.18 bits per heavy atom. The van der Waals surface area contributed by atoms with Crippen molar-refractivity contribution in [3.63, 3.8) is 0 Å². The van der Waals surface area contributed by atoms with Crippen LogP contribution in [0.2, 0.25) is 0 Å². The number of carbonyl (C=O) groups excluding carboxylic acids is 1. The summed E-state index contributed by atoms with van der Waals surface area (Å²) in [5, 5.41) is 2.05. The highest BCUT2D eigenvalue weighted by atomic mass is 32.1. The van der Waals surface area contributed by atoms with Crippen LogP contribution in [-0.2, 0) is 10.3 Å². The van der Waals surface area contributed by atoms with Crippen LogP contribution in [0.1, 0.15) is 23.8 Å². The van der Waals surface area contributed by atoms with Crippen molar-refractivity contribution < 1.29 is 4.79 Å². The second-order valence-corrected chi connectivity index (χ2v) is 6.70. The van der Waals surface area contributed by atoms with Crippen molar-refractivity contribution in [1.82, 2.24) is 9.88 Å². The van der Waals surface area contributed by atoms with Crippen LogP contribution < -0.4 is 5.73 Å². The minimum atomic E-state index is -0.597. The molecule has 0 saturated carbocycles. The Kier molecular flexibility index (Phi) is 3.48. The number of aryl methyl sites for hydroxylation is 1. The Labute approximate surface area is 133 Å². The summed E-state index contributed by atoms with van der Waals surface area (Å²) in [6.45, 7) is 3.99. The Balaban J connectivity index is 1.99. The van der Waals surface area contributed by atoms with Gasteiger partial charge in [0.15, 0.2) is 5.96 Å². The Bertz CT molecular complexity index is 767. The molecule has 114 valence electrons. The summed E-state index contributed by atoms with van der Waals surface area (Å²) in [6, 6.07) is 6.08. The molecule has 1 atom stereocenters. The quantitative estimate of drug-likeness (QED) is 0.926. The molecular formula is C16H18N4OS. The van der Waals surface area contributed by atoms with E-state index in [9.17, 15) is 4.79 Å². The van der Waals surface area contributed by atoms with Crippen LogP contribution in [0.4, 0.5) is 0 Å². The Hall–Kier alpha value is -2.21. The number of nitrogens with zero attached hydrogens (tertiary/aromatic N) is 3. The van der Waals surface area contributed by atoms with Gasteiger partial charge in [-0.1, -0.05) is 0 Å². The lowest BCUT2D eigenvalue weighted by molar-refractivity contribution is -0.128. The highest BCUT2D eigenvalue weighted by Gasteiger charge is 2.37. The lowest BCUT2D eigenvalue weighted by atomic mass is 9.93. The molecule has 1 amide bonds. The number of carbonyl (C=O) groups is 1. The van der Waals surface area contributed by atoms with Gasteiger partial charge in [0.05, 0.1) is 12.1 Å². The summed E-state index contributed by atoms with van der Waals surface area (Å²) in [5.41, 5.74) is 8.42. The van der Waals surface area contributed by atoms with Gasteiger partial charge in [-0.3, -0.25) is 14.7 Å². The normalized spacial score (nSPS) is 21.9. The van der Waals surface area contributed by atoms with Crippen LogP contribution in [0.5, 0.6) is 0 Å². The van der Waals surface area contributed by atoms with Gasteiger partial charge in [0.1, 0.15) is 5.54 Å². The SMILES string of the molecule is Cc1ccnc(-c2csc([C@]3(C)CC(=O)N(C)C(N)=N3)c2)c1. The molecule has 0 saturated heterocycles. The van der Waals surface area contributed by atoms with E-state index < -0.39 is 5.54 Å². The number of amides is 1. The fraction of sp³-hybridized carbons (Fsp3) is 0.312. The second-order valence-electron chi connectivity index (χ2n) is 5.79. The number of hydrogen-bond donors (Lipinski definition) is 1. The third-order valence-corrected chi connectivity index (χ3v) is 5.10. The smallest absolute Gasteiger partial charge is 0.231 e. The fourth-order valence-corrected chi connectivity index (χ4v) is 3.51. The first-order valence-electron chi connectivity index (χ1n) is 7.03. The summed E-state index contributed by atoms with van der Waals surface area (Å²) in [5.74, 6) is 0.251. The zero-order valence-corrected chi connectivity index (χ0v) is 13.6. The highest BCUT2D eigenvalue weighted by Crippen LogP contribution is 2.38. The van der Waals surface area contributed by atoms with Gasteiger partial charge in [-0.25, -0.2) is 4.99 Å². The third-order valence-electron chi connectivity index (χ3n) is 3.92. The van der Waals surface area contributed by atoms with Crippen LogP contribution in [0.25, 0.3) is 11.3 Å². The second kappa shape index (κ2) is 5.21. The van der Waals surface area contributed by atoms with Gasteiger partial charge in [-0.05, 0) is 37.6 Å². The summed E-state index contributed by atoms with van der Waals surface area (Å²) < 4.78 is 0. The molecule has 2 aromatic rings. The molecule has 3 rings (SSSR count). The lowest BCUT2D eigenvalue weighted by Gasteiger charge is -2.32. The number of thiophene rings is 1. The number of guanidine groups is 1. The molecule has 1 aliphatic rings. The number of nitrogens with two attached hydrogens (primary N) is 1. The number of aliphatic imine (C=N–C) groups is 1.